The van der Waals surface area contributed by atoms with E-state index in [2.05, 4.69) is 19.9 Å². The molecule has 0 fully saturated rings. The van der Waals surface area contributed by atoms with Crippen molar-refractivity contribution in [3.63, 3.8) is 0 Å². The minimum absolute atomic E-state index is 0. The normalized spacial score (nSPS) is 12.5. The fraction of sp³-hybridized carbons (Fsp3) is 0.422. The number of carbonyl (C=O) groups is 2. The first-order valence-corrected chi connectivity index (χ1v) is 21.3. The number of hydrogen-bond donors (Lipinski definition) is 4. The van der Waals surface area contributed by atoms with E-state index in [0.29, 0.717) is 45.5 Å². The second-order valence-corrected chi connectivity index (χ2v) is 15.6. The quantitative estimate of drug-likeness (QED) is 0.111. The maximum atomic E-state index is 13.4. The maximum Gasteiger partial charge on any atom is 0.335 e. The van der Waals surface area contributed by atoms with Crippen LogP contribution < -0.4 is 20.0 Å². The number of aliphatic hydroxyl groups is 4. The van der Waals surface area contributed by atoms with Gasteiger partial charge in [-0.05, 0) is 60.4 Å². The van der Waals surface area contributed by atoms with Crippen molar-refractivity contribution in [2.75, 3.05) is 38.0 Å². The summed E-state index contributed by atoms with van der Waals surface area (Å²) in [5.41, 5.74) is 5.35. The first-order valence-electron chi connectivity index (χ1n) is 20.0. The molecular weight excluding hydrogens is 919 g/mol. The zero-order chi connectivity index (χ0) is 50.3. The van der Waals surface area contributed by atoms with E-state index < -0.39 is 72.3 Å². The molecule has 0 aliphatic rings. The maximum absolute atomic E-state index is 13.4. The van der Waals surface area contributed by atoms with Gasteiger partial charge in [-0.25, -0.2) is 28.7 Å². The van der Waals surface area contributed by atoms with E-state index >= 15 is 0 Å². The van der Waals surface area contributed by atoms with Crippen LogP contribution in [0.15, 0.2) is 60.7 Å². The van der Waals surface area contributed by atoms with E-state index in [1.165, 1.54) is 36.4 Å². The van der Waals surface area contributed by atoms with Crippen LogP contribution in [0.1, 0.15) is 95.2 Å². The Labute approximate surface area is 396 Å². The lowest BCUT2D eigenvalue weighted by atomic mass is 9.97. The summed E-state index contributed by atoms with van der Waals surface area (Å²) in [5, 5.41) is 61.0. The monoisotopic (exact) mass is 976 g/mol. The number of carboxylic acid groups (broad SMARTS) is 2. The molecule has 4 rings (SSSR count). The molecule has 4 aromatic rings. The minimum Gasteiger partial charge on any atom is -0.550 e. The van der Waals surface area contributed by atoms with Gasteiger partial charge in [0, 0.05) is 88.1 Å². The summed E-state index contributed by atoms with van der Waals surface area (Å²) in [6, 6.07) is 11.9. The summed E-state index contributed by atoms with van der Waals surface area (Å²) in [5.74, 6) is -2.42. The lowest BCUT2D eigenvalue weighted by Gasteiger charge is -2.19. The van der Waals surface area contributed by atoms with Gasteiger partial charge >= 0.3 is 23.1 Å². The Morgan fingerprint density at radius 2 is 0.881 bits per heavy atom. The van der Waals surface area contributed by atoms with Crippen molar-refractivity contribution in [1.29, 1.82) is 0 Å². The van der Waals surface area contributed by atoms with Crippen LogP contribution >= 0.6 is 0 Å². The molecule has 0 radical (unpaired) electrons. The van der Waals surface area contributed by atoms with Crippen molar-refractivity contribution in [1.82, 2.24) is 19.9 Å². The molecule has 22 heteroatoms. The van der Waals surface area contributed by atoms with E-state index in [1.54, 1.807) is 46.2 Å². The number of carbonyl (C=O) groups excluding carboxylic acids is 2. The fourth-order valence-electron chi connectivity index (χ4n) is 5.89. The van der Waals surface area contributed by atoms with E-state index in [0.717, 1.165) is 11.4 Å². The molecule has 67 heavy (non-hydrogen) atoms. The largest absolute Gasteiger partial charge is 0.550 e. The highest BCUT2D eigenvalue weighted by Gasteiger charge is 2.20. The second kappa shape index (κ2) is 31.0. The number of rotatable bonds is 18. The number of benzene rings is 2. The number of nitrogens with zero attached hydrogens (tertiary/aromatic N) is 6. The highest BCUT2D eigenvalue weighted by molar-refractivity contribution is 7.51. The van der Waals surface area contributed by atoms with Crippen molar-refractivity contribution in [2.24, 2.45) is 0 Å². The lowest BCUT2D eigenvalue weighted by Crippen LogP contribution is -2.29. The Bertz CT molecular complexity index is 2150. The Morgan fingerprint density at radius 3 is 1.12 bits per heavy atom. The van der Waals surface area contributed by atoms with Crippen LogP contribution in [0, 0.1) is 11.6 Å². The molecule has 0 aliphatic heterocycles. The highest BCUT2D eigenvalue weighted by atomic mass is 32.1. The molecule has 4 atom stereocenters. The van der Waals surface area contributed by atoms with E-state index in [4.69, 9.17) is 16.8 Å². The SMILES string of the molecule is C.CC(C)c1nc(N(C)C)nc(-c2ccc(F)cc2)c1/C=C/[C@@H](O)C[C@@H](O)CC(=O)[O-].CC(C)c1nc(N(C)C)nc(-c2ccc(F)cc2)c1/C=C/[C@@H](O)C[C@@H](O)CC(=O)[O-].O=S=O.O=S=O. The minimum atomic E-state index is -1.38. The van der Waals surface area contributed by atoms with Gasteiger partial charge in [0.1, 0.15) is 11.6 Å². The number of aliphatic hydroxyl groups excluding tert-OH is 4. The average molecular weight is 977 g/mol. The second-order valence-electron chi connectivity index (χ2n) is 15.4. The summed E-state index contributed by atoms with van der Waals surface area (Å²) in [6.45, 7) is 7.92. The average Bonchev–Trinajstić information content (AvgIpc) is 3.22. The molecule has 2 aromatic heterocycles. The number of hydrogen-bond acceptors (Lipinski definition) is 18. The van der Waals surface area contributed by atoms with Gasteiger partial charge in [-0.3, -0.25) is 0 Å². The van der Waals surface area contributed by atoms with Crippen molar-refractivity contribution in [3.8, 4) is 22.5 Å². The van der Waals surface area contributed by atoms with Crippen LogP contribution in [0.4, 0.5) is 20.7 Å². The van der Waals surface area contributed by atoms with Gasteiger partial charge in [0.15, 0.2) is 0 Å². The number of anilines is 2. The van der Waals surface area contributed by atoms with Gasteiger partial charge in [0.2, 0.25) is 11.9 Å². The molecule has 0 unspecified atom stereocenters. The Morgan fingerprint density at radius 1 is 0.597 bits per heavy atom. The summed E-state index contributed by atoms with van der Waals surface area (Å²) < 4.78 is 60.0. The van der Waals surface area contributed by atoms with E-state index in [1.807, 2.05) is 55.9 Å². The van der Waals surface area contributed by atoms with Crippen molar-refractivity contribution in [3.05, 3.63) is 94.8 Å². The van der Waals surface area contributed by atoms with Crippen LogP contribution in [0.3, 0.4) is 0 Å². The van der Waals surface area contributed by atoms with Gasteiger partial charge in [-0.15, -0.1) is 0 Å². The summed E-state index contributed by atoms with van der Waals surface area (Å²) in [6.07, 6.45) is 0.250. The van der Waals surface area contributed by atoms with Gasteiger partial charge in [-0.1, -0.05) is 59.4 Å². The van der Waals surface area contributed by atoms with E-state index in [9.17, 15) is 49.0 Å². The third-order valence-electron chi connectivity index (χ3n) is 8.86. The molecule has 2 heterocycles. The first-order chi connectivity index (χ1) is 31.0. The molecule has 4 N–H and O–H groups in total. The summed E-state index contributed by atoms with van der Waals surface area (Å²) >= 11 is -1.50. The number of halogens is 2. The topological polar surface area (TPSA) is 287 Å². The molecule has 0 amide bonds. The molecule has 18 nitrogen and oxygen atoms in total. The summed E-state index contributed by atoms with van der Waals surface area (Å²) in [7, 11) is 7.30. The Kier molecular flexibility index (Phi) is 28.2. The zero-order valence-electron chi connectivity index (χ0n) is 37.5. The van der Waals surface area contributed by atoms with Gasteiger partial charge in [-0.2, -0.15) is 16.8 Å². The molecule has 0 saturated carbocycles. The van der Waals surface area contributed by atoms with E-state index in [-0.39, 0.29) is 43.7 Å². The van der Waals surface area contributed by atoms with Gasteiger partial charge < -0.3 is 50.0 Å². The Hall–Kier alpha value is -6.04. The highest BCUT2D eigenvalue weighted by Crippen LogP contribution is 2.33. The predicted molar refractivity (Wildman–Crippen MR) is 247 cm³/mol. The number of carboxylic acids is 2. The van der Waals surface area contributed by atoms with Crippen molar-refractivity contribution >= 4 is 59.1 Å². The predicted octanol–water partition coefficient (Wildman–Crippen LogP) is 2.77. The van der Waals surface area contributed by atoms with Crippen LogP contribution in [-0.4, -0.2) is 122 Å². The van der Waals surface area contributed by atoms with Crippen molar-refractivity contribution < 1.29 is 65.8 Å². The molecule has 368 valence electrons. The van der Waals surface area contributed by atoms with Crippen LogP contribution in [-0.2, 0) is 32.7 Å². The fourth-order valence-corrected chi connectivity index (χ4v) is 5.89. The standard InChI is InChI=1S/2C22H28FN3O4.CH4.2O2S/c2*1-13(2)20-18(10-9-16(27)11-17(28)12-19(29)30)21(25-22(24-20)26(3)4)14-5-7-15(23)8-6-14;;2*1-3-2/h2*5-10,13,16-17,27-28H,11-12H2,1-4H3,(H,29,30);1H4;;/p-2/b2*10-9+;;;/t2*16-,17-;;;/m11.../s1. The van der Waals surface area contributed by atoms with Gasteiger partial charge in [0.05, 0.1) is 47.2 Å². The molecule has 0 aliphatic carbocycles. The molecule has 0 saturated heterocycles. The molecule has 2 aromatic carbocycles. The van der Waals surface area contributed by atoms with Crippen molar-refractivity contribution in [2.45, 2.75) is 97.1 Å². The van der Waals surface area contributed by atoms with Crippen LogP contribution in [0.2, 0.25) is 0 Å². The summed E-state index contributed by atoms with van der Waals surface area (Å²) in [4.78, 5) is 43.2. The first kappa shape index (κ1) is 61.0. The lowest BCUT2D eigenvalue weighted by molar-refractivity contribution is -0.309. The van der Waals surface area contributed by atoms with Crippen LogP contribution in [0.25, 0.3) is 34.7 Å². The molecule has 0 bridgehead atoms. The zero-order valence-corrected chi connectivity index (χ0v) is 39.2. The molecular formula is C45H58F2N6O12S2-2. The smallest absolute Gasteiger partial charge is 0.335 e. The molecule has 0 spiro atoms. The number of aliphatic carboxylic acids is 2. The third-order valence-corrected chi connectivity index (χ3v) is 8.86. The third kappa shape index (κ3) is 21.9. The Balaban J connectivity index is 0.00000115. The number of aromatic nitrogens is 4. The van der Waals surface area contributed by atoms with Gasteiger partial charge in [0.25, 0.3) is 0 Å². The van der Waals surface area contributed by atoms with Crippen LogP contribution in [0.5, 0.6) is 0 Å².